The second-order valence-corrected chi connectivity index (χ2v) is 6.04. The van der Waals surface area contributed by atoms with E-state index in [4.69, 9.17) is 4.42 Å². The van der Waals surface area contributed by atoms with Gasteiger partial charge in [-0.1, -0.05) is 12.1 Å². The second-order valence-electron chi connectivity index (χ2n) is 6.04. The highest BCUT2D eigenvalue weighted by Crippen LogP contribution is 2.20. The number of anilines is 1. The van der Waals surface area contributed by atoms with E-state index >= 15 is 0 Å². The maximum absolute atomic E-state index is 9.21. The number of nitrogens with one attached hydrogen (secondary N) is 1. The van der Waals surface area contributed by atoms with Crippen molar-refractivity contribution in [2.75, 3.05) is 25.0 Å². The number of aliphatic hydroxyl groups excluding tert-OH is 1. The highest BCUT2D eigenvalue weighted by molar-refractivity contribution is 5.45. The van der Waals surface area contributed by atoms with Crippen molar-refractivity contribution in [3.63, 3.8) is 0 Å². The van der Waals surface area contributed by atoms with E-state index in [0.717, 1.165) is 43.9 Å². The standard InChI is InChI=1S/C18H24N2O2/c21-14-15-6-8-20(9-7-15)13-16-3-1-4-17(11-16)19-12-18-5-2-10-22-18/h1-5,10-11,15,19,21H,6-9,12-14H2. The number of benzene rings is 1. The Labute approximate surface area is 131 Å². The zero-order chi connectivity index (χ0) is 15.2. The molecule has 4 heteroatoms. The van der Waals surface area contributed by atoms with Gasteiger partial charge in [0, 0.05) is 18.8 Å². The number of aliphatic hydroxyl groups is 1. The first-order valence-corrected chi connectivity index (χ1v) is 8.02. The molecule has 1 aliphatic heterocycles. The van der Waals surface area contributed by atoms with Gasteiger partial charge in [-0.25, -0.2) is 0 Å². The van der Waals surface area contributed by atoms with E-state index in [1.807, 2.05) is 12.1 Å². The molecule has 2 N–H and O–H groups in total. The second kappa shape index (κ2) is 7.47. The number of furan rings is 1. The van der Waals surface area contributed by atoms with Crippen LogP contribution in [0.3, 0.4) is 0 Å². The van der Waals surface area contributed by atoms with Crippen LogP contribution in [0, 0.1) is 5.92 Å². The molecule has 2 heterocycles. The first-order chi connectivity index (χ1) is 10.8. The summed E-state index contributed by atoms with van der Waals surface area (Å²) < 4.78 is 5.34. The number of piperidine rings is 1. The number of likely N-dealkylation sites (tertiary alicyclic amines) is 1. The van der Waals surface area contributed by atoms with E-state index in [9.17, 15) is 5.11 Å². The largest absolute Gasteiger partial charge is 0.467 e. The summed E-state index contributed by atoms with van der Waals surface area (Å²) in [6.07, 6.45) is 3.91. The lowest BCUT2D eigenvalue weighted by atomic mass is 9.97. The summed E-state index contributed by atoms with van der Waals surface area (Å²) >= 11 is 0. The number of nitrogens with zero attached hydrogens (tertiary/aromatic N) is 1. The van der Waals surface area contributed by atoms with E-state index < -0.39 is 0 Å². The number of rotatable bonds is 6. The van der Waals surface area contributed by atoms with Gasteiger partial charge in [0.2, 0.25) is 0 Å². The molecule has 22 heavy (non-hydrogen) atoms. The Balaban J connectivity index is 1.52. The van der Waals surface area contributed by atoms with E-state index in [1.165, 1.54) is 5.56 Å². The molecule has 0 unspecified atom stereocenters. The van der Waals surface area contributed by atoms with Crippen LogP contribution in [0.4, 0.5) is 5.69 Å². The Morgan fingerprint density at radius 2 is 2.05 bits per heavy atom. The molecule has 0 aliphatic carbocycles. The summed E-state index contributed by atoms with van der Waals surface area (Å²) in [4.78, 5) is 2.47. The van der Waals surface area contributed by atoms with Crippen molar-refractivity contribution < 1.29 is 9.52 Å². The molecule has 0 saturated carbocycles. The summed E-state index contributed by atoms with van der Waals surface area (Å²) in [5.74, 6) is 1.44. The van der Waals surface area contributed by atoms with Gasteiger partial charge in [0.15, 0.2) is 0 Å². The highest BCUT2D eigenvalue weighted by Gasteiger charge is 2.18. The summed E-state index contributed by atoms with van der Waals surface area (Å²) in [5, 5.41) is 12.6. The average Bonchev–Trinajstić information content (AvgIpc) is 3.08. The van der Waals surface area contributed by atoms with Crippen LogP contribution in [0.5, 0.6) is 0 Å². The van der Waals surface area contributed by atoms with Gasteiger partial charge in [0.1, 0.15) is 5.76 Å². The third-order valence-electron chi connectivity index (χ3n) is 4.35. The van der Waals surface area contributed by atoms with Crippen molar-refractivity contribution in [2.24, 2.45) is 5.92 Å². The third kappa shape index (κ3) is 4.12. The first kappa shape index (κ1) is 15.1. The van der Waals surface area contributed by atoms with Crippen LogP contribution >= 0.6 is 0 Å². The Hall–Kier alpha value is -1.78. The maximum Gasteiger partial charge on any atom is 0.122 e. The van der Waals surface area contributed by atoms with Crippen molar-refractivity contribution in [3.05, 3.63) is 54.0 Å². The third-order valence-corrected chi connectivity index (χ3v) is 4.35. The summed E-state index contributed by atoms with van der Waals surface area (Å²) in [7, 11) is 0. The Kier molecular flexibility index (Phi) is 5.14. The quantitative estimate of drug-likeness (QED) is 0.860. The smallest absolute Gasteiger partial charge is 0.122 e. The number of hydrogen-bond acceptors (Lipinski definition) is 4. The van der Waals surface area contributed by atoms with E-state index in [2.05, 4.69) is 34.5 Å². The fraction of sp³-hybridized carbons (Fsp3) is 0.444. The van der Waals surface area contributed by atoms with Crippen LogP contribution in [0.15, 0.2) is 47.1 Å². The molecular formula is C18H24N2O2. The monoisotopic (exact) mass is 300 g/mol. The molecule has 0 bridgehead atoms. The molecule has 2 aromatic rings. The van der Waals surface area contributed by atoms with Crippen molar-refractivity contribution in [1.82, 2.24) is 4.90 Å². The van der Waals surface area contributed by atoms with Gasteiger partial charge in [0.25, 0.3) is 0 Å². The SMILES string of the molecule is OCC1CCN(Cc2cccc(NCc3ccco3)c2)CC1. The predicted molar refractivity (Wildman–Crippen MR) is 87.6 cm³/mol. The lowest BCUT2D eigenvalue weighted by Crippen LogP contribution is -2.34. The molecule has 0 amide bonds. The molecule has 1 aromatic heterocycles. The van der Waals surface area contributed by atoms with Crippen LogP contribution in [-0.2, 0) is 13.1 Å². The van der Waals surface area contributed by atoms with Crippen LogP contribution in [0.25, 0.3) is 0 Å². The Morgan fingerprint density at radius 3 is 2.77 bits per heavy atom. The molecule has 1 saturated heterocycles. The lowest BCUT2D eigenvalue weighted by molar-refractivity contribution is 0.127. The zero-order valence-corrected chi connectivity index (χ0v) is 12.9. The molecule has 1 aromatic carbocycles. The van der Waals surface area contributed by atoms with Gasteiger partial charge >= 0.3 is 0 Å². The van der Waals surface area contributed by atoms with Gasteiger partial charge in [-0.2, -0.15) is 0 Å². The van der Waals surface area contributed by atoms with Crippen LogP contribution in [0.1, 0.15) is 24.2 Å². The van der Waals surface area contributed by atoms with E-state index in [0.29, 0.717) is 19.1 Å². The van der Waals surface area contributed by atoms with E-state index in [-0.39, 0.29) is 0 Å². The topological polar surface area (TPSA) is 48.6 Å². The minimum Gasteiger partial charge on any atom is -0.467 e. The van der Waals surface area contributed by atoms with Gasteiger partial charge < -0.3 is 14.8 Å². The molecule has 0 radical (unpaired) electrons. The molecule has 1 aliphatic rings. The molecule has 0 atom stereocenters. The lowest BCUT2D eigenvalue weighted by Gasteiger charge is -2.31. The van der Waals surface area contributed by atoms with Gasteiger partial charge in [0.05, 0.1) is 12.8 Å². The molecular weight excluding hydrogens is 276 g/mol. The Morgan fingerprint density at radius 1 is 1.18 bits per heavy atom. The van der Waals surface area contributed by atoms with Gasteiger partial charge in [-0.3, -0.25) is 4.90 Å². The normalized spacial score (nSPS) is 16.8. The van der Waals surface area contributed by atoms with Crippen LogP contribution in [-0.4, -0.2) is 29.7 Å². The van der Waals surface area contributed by atoms with Crippen molar-refractivity contribution in [1.29, 1.82) is 0 Å². The van der Waals surface area contributed by atoms with Gasteiger partial charge in [-0.05, 0) is 61.7 Å². The molecule has 0 spiro atoms. The number of hydrogen-bond donors (Lipinski definition) is 2. The fourth-order valence-corrected chi connectivity index (χ4v) is 2.97. The first-order valence-electron chi connectivity index (χ1n) is 8.02. The van der Waals surface area contributed by atoms with E-state index in [1.54, 1.807) is 6.26 Å². The average molecular weight is 300 g/mol. The van der Waals surface area contributed by atoms with Crippen molar-refractivity contribution in [3.8, 4) is 0 Å². The minimum atomic E-state index is 0.333. The fourth-order valence-electron chi connectivity index (χ4n) is 2.97. The van der Waals surface area contributed by atoms with Gasteiger partial charge in [-0.15, -0.1) is 0 Å². The van der Waals surface area contributed by atoms with Crippen molar-refractivity contribution >= 4 is 5.69 Å². The van der Waals surface area contributed by atoms with Crippen molar-refractivity contribution in [2.45, 2.75) is 25.9 Å². The molecule has 3 rings (SSSR count). The predicted octanol–water partition coefficient (Wildman–Crippen LogP) is 3.10. The summed E-state index contributed by atoms with van der Waals surface area (Å²) in [6, 6.07) is 12.5. The van der Waals surface area contributed by atoms with Crippen LogP contribution in [0.2, 0.25) is 0 Å². The Bertz CT molecular complexity index is 560. The summed E-state index contributed by atoms with van der Waals surface area (Å²) in [6.45, 7) is 4.18. The molecule has 1 fully saturated rings. The van der Waals surface area contributed by atoms with Crippen LogP contribution < -0.4 is 5.32 Å². The molecule has 118 valence electrons. The minimum absolute atomic E-state index is 0.333. The maximum atomic E-state index is 9.21. The highest BCUT2D eigenvalue weighted by atomic mass is 16.3. The zero-order valence-electron chi connectivity index (χ0n) is 12.9. The molecule has 4 nitrogen and oxygen atoms in total. The summed E-state index contributed by atoms with van der Waals surface area (Å²) in [5.41, 5.74) is 2.45.